The van der Waals surface area contributed by atoms with E-state index in [1.54, 1.807) is 11.8 Å². The molecule has 0 saturated carbocycles. The van der Waals surface area contributed by atoms with Crippen LogP contribution in [0.15, 0.2) is 0 Å². The third-order valence-corrected chi connectivity index (χ3v) is 2.78. The van der Waals surface area contributed by atoms with Crippen molar-refractivity contribution in [2.45, 2.75) is 33.7 Å². The lowest BCUT2D eigenvalue weighted by atomic mass is 10.2. The van der Waals surface area contributed by atoms with Crippen molar-refractivity contribution in [1.82, 2.24) is 15.5 Å². The molecule has 2 atom stereocenters. The number of urea groups is 1. The number of carboxylic acids is 1. The van der Waals surface area contributed by atoms with E-state index < -0.39 is 24.0 Å². The average Bonchev–Trinajstić information content (AvgIpc) is 2.36. The molecule has 0 bridgehead atoms. The van der Waals surface area contributed by atoms with Gasteiger partial charge in [0.25, 0.3) is 0 Å². The molecule has 0 aromatic heterocycles. The van der Waals surface area contributed by atoms with Gasteiger partial charge in [-0.3, -0.25) is 9.59 Å². The molecular formula is C12H23N3O4. The minimum Gasteiger partial charge on any atom is -0.481 e. The van der Waals surface area contributed by atoms with Crippen molar-refractivity contribution in [3.8, 4) is 0 Å². The molecule has 0 heterocycles. The SMILES string of the molecule is CCN(CC)C(=O)C(C)NC(=O)NCC(C)C(=O)O. The Balaban J connectivity index is 4.18. The highest BCUT2D eigenvalue weighted by atomic mass is 16.4. The van der Waals surface area contributed by atoms with Gasteiger partial charge in [0, 0.05) is 19.6 Å². The molecule has 110 valence electrons. The molecule has 0 fully saturated rings. The van der Waals surface area contributed by atoms with Crippen LogP contribution in [0.5, 0.6) is 0 Å². The van der Waals surface area contributed by atoms with Crippen LogP contribution in [0, 0.1) is 5.92 Å². The van der Waals surface area contributed by atoms with Gasteiger partial charge in [0.05, 0.1) is 5.92 Å². The van der Waals surface area contributed by atoms with E-state index >= 15 is 0 Å². The van der Waals surface area contributed by atoms with Crippen LogP contribution < -0.4 is 10.6 Å². The molecule has 0 rings (SSSR count). The van der Waals surface area contributed by atoms with Crippen LogP contribution in [0.1, 0.15) is 27.7 Å². The van der Waals surface area contributed by atoms with E-state index in [-0.39, 0.29) is 12.5 Å². The Hall–Kier alpha value is -1.79. The molecule has 7 nitrogen and oxygen atoms in total. The number of amides is 3. The Morgan fingerprint density at radius 1 is 1.16 bits per heavy atom. The lowest BCUT2D eigenvalue weighted by molar-refractivity contribution is -0.140. The van der Waals surface area contributed by atoms with E-state index in [0.717, 1.165) is 0 Å². The molecular weight excluding hydrogens is 250 g/mol. The quantitative estimate of drug-likeness (QED) is 0.619. The van der Waals surface area contributed by atoms with E-state index in [4.69, 9.17) is 5.11 Å². The fourth-order valence-electron chi connectivity index (χ4n) is 1.45. The molecule has 0 saturated heterocycles. The minimum atomic E-state index is -0.979. The summed E-state index contributed by atoms with van der Waals surface area (Å²) in [5, 5.41) is 13.6. The second-order valence-corrected chi connectivity index (χ2v) is 4.33. The second-order valence-electron chi connectivity index (χ2n) is 4.33. The number of nitrogens with zero attached hydrogens (tertiary/aromatic N) is 1. The van der Waals surface area contributed by atoms with Gasteiger partial charge < -0.3 is 20.6 Å². The van der Waals surface area contributed by atoms with E-state index in [2.05, 4.69) is 10.6 Å². The van der Waals surface area contributed by atoms with E-state index in [0.29, 0.717) is 13.1 Å². The van der Waals surface area contributed by atoms with Crippen molar-refractivity contribution in [3.63, 3.8) is 0 Å². The minimum absolute atomic E-state index is 0.0212. The topological polar surface area (TPSA) is 98.7 Å². The molecule has 3 amide bonds. The molecule has 0 aliphatic rings. The van der Waals surface area contributed by atoms with Crippen LogP contribution in [0.4, 0.5) is 4.79 Å². The number of hydrogen-bond donors (Lipinski definition) is 3. The average molecular weight is 273 g/mol. The molecule has 0 aromatic rings. The van der Waals surface area contributed by atoms with Crippen LogP contribution in [0.2, 0.25) is 0 Å². The molecule has 19 heavy (non-hydrogen) atoms. The van der Waals surface area contributed by atoms with Crippen molar-refractivity contribution in [2.24, 2.45) is 5.92 Å². The first-order chi connectivity index (χ1) is 8.83. The summed E-state index contributed by atoms with van der Waals surface area (Å²) in [5.41, 5.74) is 0. The summed E-state index contributed by atoms with van der Waals surface area (Å²) < 4.78 is 0. The van der Waals surface area contributed by atoms with Crippen molar-refractivity contribution in [3.05, 3.63) is 0 Å². The first kappa shape index (κ1) is 17.2. The smallest absolute Gasteiger partial charge is 0.315 e. The van der Waals surface area contributed by atoms with Crippen molar-refractivity contribution in [1.29, 1.82) is 0 Å². The summed E-state index contributed by atoms with van der Waals surface area (Å²) in [6.07, 6.45) is 0. The summed E-state index contributed by atoms with van der Waals surface area (Å²) in [6.45, 7) is 8.00. The maximum absolute atomic E-state index is 11.9. The number of aliphatic carboxylic acids is 1. The van der Waals surface area contributed by atoms with Crippen LogP contribution in [0.25, 0.3) is 0 Å². The van der Waals surface area contributed by atoms with Crippen LogP contribution in [-0.2, 0) is 9.59 Å². The van der Waals surface area contributed by atoms with Gasteiger partial charge in [-0.25, -0.2) is 4.79 Å². The summed E-state index contributed by atoms with van der Waals surface area (Å²) in [5.74, 6) is -1.81. The number of rotatable bonds is 7. The molecule has 0 aliphatic heterocycles. The van der Waals surface area contributed by atoms with Gasteiger partial charge in [0.15, 0.2) is 0 Å². The molecule has 0 aliphatic carbocycles. The number of carbonyl (C=O) groups is 3. The number of carboxylic acid groups (broad SMARTS) is 1. The van der Waals surface area contributed by atoms with Gasteiger partial charge in [-0.15, -0.1) is 0 Å². The summed E-state index contributed by atoms with van der Waals surface area (Å²) in [7, 11) is 0. The monoisotopic (exact) mass is 273 g/mol. The maximum atomic E-state index is 11.9. The lowest BCUT2D eigenvalue weighted by Crippen LogP contribution is -2.50. The molecule has 2 unspecified atom stereocenters. The van der Waals surface area contributed by atoms with Gasteiger partial charge >= 0.3 is 12.0 Å². The highest BCUT2D eigenvalue weighted by Gasteiger charge is 2.20. The molecule has 0 radical (unpaired) electrons. The summed E-state index contributed by atoms with van der Waals surface area (Å²) in [4.78, 5) is 35.6. The zero-order chi connectivity index (χ0) is 15.0. The fraction of sp³-hybridized carbons (Fsp3) is 0.750. The van der Waals surface area contributed by atoms with Crippen molar-refractivity contribution in [2.75, 3.05) is 19.6 Å². The Bertz CT molecular complexity index is 329. The largest absolute Gasteiger partial charge is 0.481 e. The predicted molar refractivity (Wildman–Crippen MR) is 70.7 cm³/mol. The molecule has 3 N–H and O–H groups in total. The standard InChI is InChI=1S/C12H23N3O4/c1-5-15(6-2)10(16)9(4)14-12(19)13-7-8(3)11(17)18/h8-9H,5-7H2,1-4H3,(H,17,18)(H2,13,14,19). The van der Waals surface area contributed by atoms with E-state index in [1.807, 2.05) is 13.8 Å². The number of likely N-dealkylation sites (N-methyl/N-ethyl adjacent to an activating group) is 1. The van der Waals surface area contributed by atoms with Crippen molar-refractivity contribution >= 4 is 17.9 Å². The Morgan fingerprint density at radius 2 is 1.68 bits per heavy atom. The number of carbonyl (C=O) groups excluding carboxylic acids is 2. The van der Waals surface area contributed by atoms with E-state index in [1.165, 1.54) is 6.92 Å². The number of hydrogen-bond acceptors (Lipinski definition) is 3. The zero-order valence-corrected chi connectivity index (χ0v) is 11.9. The first-order valence-corrected chi connectivity index (χ1v) is 6.39. The Kier molecular flexibility index (Phi) is 7.55. The van der Waals surface area contributed by atoms with Crippen LogP contribution in [-0.4, -0.2) is 53.6 Å². The molecule has 0 aromatic carbocycles. The predicted octanol–water partition coefficient (Wildman–Crippen LogP) is 0.263. The second kappa shape index (κ2) is 8.34. The fourth-order valence-corrected chi connectivity index (χ4v) is 1.45. The third kappa shape index (κ3) is 6.08. The highest BCUT2D eigenvalue weighted by Crippen LogP contribution is 1.95. The zero-order valence-electron chi connectivity index (χ0n) is 11.9. The molecule has 0 spiro atoms. The maximum Gasteiger partial charge on any atom is 0.315 e. The van der Waals surface area contributed by atoms with Gasteiger partial charge in [0.1, 0.15) is 6.04 Å². The third-order valence-electron chi connectivity index (χ3n) is 2.78. The molecule has 7 heteroatoms. The van der Waals surface area contributed by atoms with Crippen LogP contribution in [0.3, 0.4) is 0 Å². The normalized spacial score (nSPS) is 13.3. The highest BCUT2D eigenvalue weighted by molar-refractivity contribution is 5.86. The van der Waals surface area contributed by atoms with Gasteiger partial charge in [0.2, 0.25) is 5.91 Å². The summed E-state index contributed by atoms with van der Waals surface area (Å²) >= 11 is 0. The van der Waals surface area contributed by atoms with Gasteiger partial charge in [-0.2, -0.15) is 0 Å². The lowest BCUT2D eigenvalue weighted by Gasteiger charge is -2.23. The summed E-state index contributed by atoms with van der Waals surface area (Å²) in [6, 6.07) is -1.18. The van der Waals surface area contributed by atoms with E-state index in [9.17, 15) is 14.4 Å². The number of nitrogens with one attached hydrogen (secondary N) is 2. The van der Waals surface area contributed by atoms with Crippen molar-refractivity contribution < 1.29 is 19.5 Å². The first-order valence-electron chi connectivity index (χ1n) is 6.39. The Morgan fingerprint density at radius 3 is 2.11 bits per heavy atom. The van der Waals surface area contributed by atoms with Gasteiger partial charge in [-0.05, 0) is 20.8 Å². The van der Waals surface area contributed by atoms with Gasteiger partial charge in [-0.1, -0.05) is 6.92 Å². The van der Waals surface area contributed by atoms with Crippen LogP contribution >= 0.6 is 0 Å². The Labute approximate surface area is 113 Å².